The Morgan fingerprint density at radius 3 is 2.95 bits per heavy atom. The minimum atomic E-state index is -0.224. The van der Waals surface area contributed by atoms with Crippen molar-refractivity contribution in [1.82, 2.24) is 4.90 Å². The number of likely N-dealkylation sites (N-methyl/N-ethyl adjacent to an activating group) is 1. The molecule has 2 atom stereocenters. The van der Waals surface area contributed by atoms with Crippen molar-refractivity contribution in [3.05, 3.63) is 29.8 Å². The highest BCUT2D eigenvalue weighted by molar-refractivity contribution is 7.98. The van der Waals surface area contributed by atoms with E-state index in [2.05, 4.69) is 42.5 Å². The SMILES string of the molecule is COC(=O)N1CC[C@@]2(CSC)c3ccccc3N(C)C12. The molecule has 1 unspecified atom stereocenters. The van der Waals surface area contributed by atoms with Crippen molar-refractivity contribution < 1.29 is 9.53 Å². The van der Waals surface area contributed by atoms with Gasteiger partial charge < -0.3 is 9.64 Å². The molecule has 2 heterocycles. The summed E-state index contributed by atoms with van der Waals surface area (Å²) in [5, 5.41) is 0. The molecule has 0 radical (unpaired) electrons. The number of para-hydroxylation sites is 1. The zero-order valence-corrected chi connectivity index (χ0v) is 12.9. The Balaban J connectivity index is 2.09. The van der Waals surface area contributed by atoms with Crippen LogP contribution >= 0.6 is 11.8 Å². The summed E-state index contributed by atoms with van der Waals surface area (Å²) in [5.41, 5.74) is 2.63. The lowest BCUT2D eigenvalue weighted by Crippen LogP contribution is -2.51. The molecule has 0 N–H and O–H groups in total. The van der Waals surface area contributed by atoms with Crippen molar-refractivity contribution in [1.29, 1.82) is 0 Å². The van der Waals surface area contributed by atoms with E-state index in [9.17, 15) is 4.79 Å². The van der Waals surface area contributed by atoms with E-state index in [1.165, 1.54) is 18.4 Å². The summed E-state index contributed by atoms with van der Waals surface area (Å²) in [7, 11) is 3.53. The second-order valence-corrected chi connectivity index (χ2v) is 6.37. The quantitative estimate of drug-likeness (QED) is 0.838. The highest BCUT2D eigenvalue weighted by atomic mass is 32.2. The van der Waals surface area contributed by atoms with E-state index in [4.69, 9.17) is 4.74 Å². The smallest absolute Gasteiger partial charge is 0.411 e. The number of methoxy groups -OCH3 is 1. The van der Waals surface area contributed by atoms with Crippen molar-refractivity contribution in [3.63, 3.8) is 0 Å². The van der Waals surface area contributed by atoms with Crippen LogP contribution in [-0.4, -0.2) is 49.9 Å². The van der Waals surface area contributed by atoms with Gasteiger partial charge in [-0.15, -0.1) is 0 Å². The van der Waals surface area contributed by atoms with Crippen LogP contribution in [0.5, 0.6) is 0 Å². The van der Waals surface area contributed by atoms with Crippen molar-refractivity contribution in [3.8, 4) is 0 Å². The van der Waals surface area contributed by atoms with Gasteiger partial charge in [-0.1, -0.05) is 18.2 Å². The van der Waals surface area contributed by atoms with Crippen LogP contribution in [-0.2, 0) is 10.2 Å². The first kappa shape index (κ1) is 13.6. The molecular weight excluding hydrogens is 272 g/mol. The van der Waals surface area contributed by atoms with Gasteiger partial charge in [0.2, 0.25) is 0 Å². The lowest BCUT2D eigenvalue weighted by molar-refractivity contribution is 0.114. The molecule has 0 bridgehead atoms. The summed E-state index contributed by atoms with van der Waals surface area (Å²) in [6.07, 6.45) is 2.97. The molecule has 0 saturated carbocycles. The Labute approximate surface area is 124 Å². The molecule has 3 rings (SSSR count). The second kappa shape index (κ2) is 4.88. The molecule has 5 heteroatoms. The second-order valence-electron chi connectivity index (χ2n) is 5.50. The first-order chi connectivity index (χ1) is 9.65. The van der Waals surface area contributed by atoms with E-state index in [1.54, 1.807) is 0 Å². The van der Waals surface area contributed by atoms with Crippen LogP contribution in [0.3, 0.4) is 0 Å². The van der Waals surface area contributed by atoms with Crippen molar-refractivity contribution in [2.45, 2.75) is 18.0 Å². The third-order valence-electron chi connectivity index (χ3n) is 4.59. The molecule has 108 valence electrons. The molecular formula is C15H20N2O2S. The van der Waals surface area contributed by atoms with E-state index in [0.29, 0.717) is 0 Å². The summed E-state index contributed by atoms with van der Waals surface area (Å²) >= 11 is 1.85. The fraction of sp³-hybridized carbons (Fsp3) is 0.533. The number of hydrogen-bond acceptors (Lipinski definition) is 4. The average molecular weight is 292 g/mol. The highest BCUT2D eigenvalue weighted by Gasteiger charge is 2.57. The highest BCUT2D eigenvalue weighted by Crippen LogP contribution is 2.52. The number of benzene rings is 1. The standard InChI is InChI=1S/C15H20N2O2S/c1-16-12-7-5-4-6-11(12)15(10-20-3)8-9-17(13(15)16)14(18)19-2/h4-7,13H,8-10H2,1-3H3/t13?,15-/m1/s1. The largest absolute Gasteiger partial charge is 0.453 e. The fourth-order valence-corrected chi connectivity index (χ4v) is 4.81. The van der Waals surface area contributed by atoms with E-state index in [0.717, 1.165) is 18.7 Å². The van der Waals surface area contributed by atoms with Crippen LogP contribution in [0.4, 0.5) is 10.5 Å². The molecule has 4 nitrogen and oxygen atoms in total. The van der Waals surface area contributed by atoms with Gasteiger partial charge in [-0.2, -0.15) is 11.8 Å². The van der Waals surface area contributed by atoms with Crippen molar-refractivity contribution in [2.24, 2.45) is 0 Å². The third-order valence-corrected chi connectivity index (χ3v) is 5.39. The normalized spacial score (nSPS) is 27.4. The average Bonchev–Trinajstić information content (AvgIpc) is 2.95. The van der Waals surface area contributed by atoms with Gasteiger partial charge >= 0.3 is 6.09 Å². The van der Waals surface area contributed by atoms with Crippen LogP contribution < -0.4 is 4.90 Å². The lowest BCUT2D eigenvalue weighted by Gasteiger charge is -2.35. The molecule has 2 aliphatic heterocycles. The summed E-state index contributed by atoms with van der Waals surface area (Å²) in [4.78, 5) is 16.2. The van der Waals surface area contributed by atoms with Crippen molar-refractivity contribution in [2.75, 3.05) is 37.6 Å². The minimum Gasteiger partial charge on any atom is -0.453 e. The molecule has 2 aliphatic rings. The number of nitrogens with zero attached hydrogens (tertiary/aromatic N) is 2. The van der Waals surface area contributed by atoms with Gasteiger partial charge in [-0.05, 0) is 24.3 Å². The minimum absolute atomic E-state index is 0.0267. The van der Waals surface area contributed by atoms with Gasteiger partial charge in [0.05, 0.1) is 7.11 Å². The van der Waals surface area contributed by atoms with E-state index < -0.39 is 0 Å². The maximum Gasteiger partial charge on any atom is 0.411 e. The van der Waals surface area contributed by atoms with Gasteiger partial charge in [0.15, 0.2) is 0 Å². The number of thioether (sulfide) groups is 1. The summed E-state index contributed by atoms with van der Waals surface area (Å²) < 4.78 is 4.97. The van der Waals surface area contributed by atoms with Crippen LogP contribution in [0.15, 0.2) is 24.3 Å². The number of fused-ring (bicyclic) bond motifs is 3. The van der Waals surface area contributed by atoms with Crippen LogP contribution in [0.2, 0.25) is 0 Å². The molecule has 1 aromatic carbocycles. The van der Waals surface area contributed by atoms with Gasteiger partial charge in [0.1, 0.15) is 6.17 Å². The third kappa shape index (κ3) is 1.65. The Hall–Kier alpha value is -1.36. The summed E-state index contributed by atoms with van der Waals surface area (Å²) in [6, 6.07) is 8.51. The maximum absolute atomic E-state index is 12.1. The topological polar surface area (TPSA) is 32.8 Å². The van der Waals surface area contributed by atoms with Crippen LogP contribution in [0, 0.1) is 0 Å². The molecule has 20 heavy (non-hydrogen) atoms. The zero-order chi connectivity index (χ0) is 14.3. The van der Waals surface area contributed by atoms with E-state index in [-0.39, 0.29) is 17.7 Å². The number of ether oxygens (including phenoxy) is 1. The van der Waals surface area contributed by atoms with E-state index >= 15 is 0 Å². The summed E-state index contributed by atoms with van der Waals surface area (Å²) in [6.45, 7) is 0.760. The monoisotopic (exact) mass is 292 g/mol. The number of carbonyl (C=O) groups is 1. The Kier molecular flexibility index (Phi) is 3.32. The van der Waals surface area contributed by atoms with Crippen molar-refractivity contribution >= 4 is 23.5 Å². The molecule has 0 spiro atoms. The number of hydrogen-bond donors (Lipinski definition) is 0. The van der Waals surface area contributed by atoms with Gasteiger partial charge in [-0.3, -0.25) is 4.90 Å². The number of likely N-dealkylation sites (tertiary alicyclic amines) is 1. The van der Waals surface area contributed by atoms with Gasteiger partial charge in [-0.25, -0.2) is 4.79 Å². The van der Waals surface area contributed by atoms with E-state index in [1.807, 2.05) is 16.7 Å². The summed E-state index contributed by atoms with van der Waals surface area (Å²) in [5.74, 6) is 1.02. The zero-order valence-electron chi connectivity index (χ0n) is 12.1. The molecule has 1 aromatic rings. The predicted molar refractivity (Wildman–Crippen MR) is 82.4 cm³/mol. The number of amides is 1. The fourth-order valence-electron chi connectivity index (χ4n) is 3.85. The first-order valence-corrected chi connectivity index (χ1v) is 8.21. The Bertz CT molecular complexity index is 536. The first-order valence-electron chi connectivity index (χ1n) is 6.81. The Morgan fingerprint density at radius 2 is 2.25 bits per heavy atom. The molecule has 1 saturated heterocycles. The molecule has 1 fully saturated rings. The molecule has 0 aliphatic carbocycles. The van der Waals surface area contributed by atoms with Gasteiger partial charge in [0.25, 0.3) is 0 Å². The Morgan fingerprint density at radius 1 is 1.50 bits per heavy atom. The maximum atomic E-state index is 12.1. The molecule has 0 aromatic heterocycles. The van der Waals surface area contributed by atoms with Crippen LogP contribution in [0.25, 0.3) is 0 Å². The van der Waals surface area contributed by atoms with Gasteiger partial charge in [0, 0.05) is 30.4 Å². The lowest BCUT2D eigenvalue weighted by atomic mass is 9.81. The number of anilines is 1. The molecule has 1 amide bonds. The van der Waals surface area contributed by atoms with Crippen LogP contribution in [0.1, 0.15) is 12.0 Å². The number of carbonyl (C=O) groups excluding carboxylic acids is 1. The number of rotatable bonds is 2. The predicted octanol–water partition coefficient (Wildman–Crippen LogP) is 2.54.